The molecule has 0 bridgehead atoms. The third-order valence-corrected chi connectivity index (χ3v) is 2.79. The number of hydrogen-bond donors (Lipinski definition) is 0. The molecule has 0 N–H and O–H groups in total. The van der Waals surface area contributed by atoms with Gasteiger partial charge in [0.05, 0.1) is 6.42 Å². The van der Waals surface area contributed by atoms with Gasteiger partial charge in [-0.2, -0.15) is 0 Å². The Labute approximate surface area is 72.8 Å². The molecule has 0 heterocycles. The van der Waals surface area contributed by atoms with Gasteiger partial charge < -0.3 is 0 Å². The van der Waals surface area contributed by atoms with E-state index in [1.54, 1.807) is 6.08 Å². The summed E-state index contributed by atoms with van der Waals surface area (Å²) in [6.45, 7) is 1.83. The van der Waals surface area contributed by atoms with Crippen LogP contribution >= 0.6 is 22.6 Å². The quantitative estimate of drug-likeness (QED) is 0.482. The van der Waals surface area contributed by atoms with Crippen LogP contribution in [0.2, 0.25) is 0 Å². The lowest BCUT2D eigenvalue weighted by Crippen LogP contribution is -2.19. The minimum absolute atomic E-state index is 0.0388. The number of allylic oxidation sites excluding steroid dienone is 2. The van der Waals surface area contributed by atoms with Crippen LogP contribution in [0, 0.1) is 5.92 Å². The second-order valence-corrected chi connectivity index (χ2v) is 3.61. The van der Waals surface area contributed by atoms with Crippen LogP contribution in [0.25, 0.3) is 0 Å². The molecule has 0 spiro atoms. The zero-order valence-corrected chi connectivity index (χ0v) is 7.71. The van der Waals surface area contributed by atoms with Crippen molar-refractivity contribution in [1.82, 2.24) is 0 Å². The molecule has 1 aliphatic carbocycles. The van der Waals surface area contributed by atoms with Crippen molar-refractivity contribution in [2.24, 2.45) is 5.92 Å². The van der Waals surface area contributed by atoms with Crippen LogP contribution in [0.1, 0.15) is 13.3 Å². The summed E-state index contributed by atoms with van der Waals surface area (Å²) in [5.41, 5.74) is 0. The topological polar surface area (TPSA) is 34.1 Å². The molecule has 0 fully saturated rings. The largest absolute Gasteiger partial charge is 0.299 e. The molecule has 0 radical (unpaired) electrons. The van der Waals surface area contributed by atoms with Crippen LogP contribution in [-0.2, 0) is 9.59 Å². The number of rotatable bonds is 0. The highest BCUT2D eigenvalue weighted by Crippen LogP contribution is 2.24. The van der Waals surface area contributed by atoms with Crippen LogP contribution < -0.4 is 0 Å². The van der Waals surface area contributed by atoms with E-state index in [0.717, 1.165) is 3.58 Å². The lowest BCUT2D eigenvalue weighted by Gasteiger charge is -2.12. The highest BCUT2D eigenvalue weighted by molar-refractivity contribution is 14.1. The second-order valence-electron chi connectivity index (χ2n) is 2.36. The van der Waals surface area contributed by atoms with Gasteiger partial charge >= 0.3 is 0 Å². The summed E-state index contributed by atoms with van der Waals surface area (Å²) in [4.78, 5) is 21.7. The molecule has 1 aliphatic rings. The zero-order valence-electron chi connectivity index (χ0n) is 5.56. The number of carbonyl (C=O) groups excluding carboxylic acids is 2. The first-order chi connectivity index (χ1) is 4.61. The minimum Gasteiger partial charge on any atom is -0.299 e. The monoisotopic (exact) mass is 250 g/mol. The fourth-order valence-electron chi connectivity index (χ4n) is 0.808. The third kappa shape index (κ3) is 1.45. The lowest BCUT2D eigenvalue weighted by atomic mass is 9.96. The molecule has 3 heteroatoms. The Bertz CT molecular complexity index is 218. The van der Waals surface area contributed by atoms with Gasteiger partial charge in [0, 0.05) is 9.50 Å². The van der Waals surface area contributed by atoms with Crippen molar-refractivity contribution in [3.8, 4) is 0 Å². The second kappa shape index (κ2) is 2.82. The summed E-state index contributed by atoms with van der Waals surface area (Å²) >= 11 is 2.03. The summed E-state index contributed by atoms with van der Waals surface area (Å²) in [6.07, 6.45) is 1.64. The van der Waals surface area contributed by atoms with E-state index in [1.165, 1.54) is 0 Å². The maximum Gasteiger partial charge on any atom is 0.163 e. The van der Waals surface area contributed by atoms with Crippen LogP contribution in [0.15, 0.2) is 9.66 Å². The van der Waals surface area contributed by atoms with E-state index in [9.17, 15) is 9.59 Å². The molecule has 0 aliphatic heterocycles. The maximum absolute atomic E-state index is 10.9. The number of hydrogen-bond acceptors (Lipinski definition) is 2. The number of ketones is 2. The first-order valence-corrected chi connectivity index (χ1v) is 4.12. The molecule has 0 saturated heterocycles. The van der Waals surface area contributed by atoms with E-state index >= 15 is 0 Å². The van der Waals surface area contributed by atoms with Crippen molar-refractivity contribution in [3.63, 3.8) is 0 Å². The summed E-state index contributed by atoms with van der Waals surface area (Å²) < 4.78 is 0.860. The molecular formula is C7H7IO2. The molecule has 1 unspecified atom stereocenters. The lowest BCUT2D eigenvalue weighted by molar-refractivity contribution is -0.127. The van der Waals surface area contributed by atoms with E-state index in [0.29, 0.717) is 0 Å². The van der Waals surface area contributed by atoms with E-state index in [1.807, 2.05) is 29.5 Å². The first-order valence-electron chi connectivity index (χ1n) is 3.04. The molecule has 0 saturated carbocycles. The standard InChI is InChI=1S/C7H7IO2/c1-4-6(8)2-5(9)3-7(4)10/h2,4H,3H2,1H3. The van der Waals surface area contributed by atoms with E-state index in [-0.39, 0.29) is 23.9 Å². The summed E-state index contributed by atoms with van der Waals surface area (Å²) in [5, 5.41) is 0. The molecular weight excluding hydrogens is 243 g/mol. The van der Waals surface area contributed by atoms with Gasteiger partial charge in [0.1, 0.15) is 5.78 Å². The Kier molecular flexibility index (Phi) is 2.23. The highest BCUT2D eigenvalue weighted by Gasteiger charge is 2.23. The van der Waals surface area contributed by atoms with Crippen molar-refractivity contribution in [2.45, 2.75) is 13.3 Å². The molecule has 0 aromatic rings. The molecule has 2 nitrogen and oxygen atoms in total. The van der Waals surface area contributed by atoms with E-state index in [4.69, 9.17) is 0 Å². The molecule has 1 rings (SSSR count). The number of Topliss-reactive ketones (excluding diaryl/α,β-unsaturated/α-hetero) is 1. The molecule has 0 amide bonds. The smallest absolute Gasteiger partial charge is 0.163 e. The minimum atomic E-state index is -0.0625. The first kappa shape index (κ1) is 7.91. The van der Waals surface area contributed by atoms with Gasteiger partial charge in [-0.25, -0.2) is 0 Å². The fraction of sp³-hybridized carbons (Fsp3) is 0.429. The van der Waals surface area contributed by atoms with Gasteiger partial charge in [0.15, 0.2) is 5.78 Å². The Balaban J connectivity index is 2.91. The van der Waals surface area contributed by atoms with Crippen molar-refractivity contribution in [2.75, 3.05) is 0 Å². The van der Waals surface area contributed by atoms with Gasteiger partial charge in [0.25, 0.3) is 0 Å². The van der Waals surface area contributed by atoms with Crippen molar-refractivity contribution in [3.05, 3.63) is 9.66 Å². The predicted molar refractivity (Wildman–Crippen MR) is 45.9 cm³/mol. The third-order valence-electron chi connectivity index (χ3n) is 1.54. The fourth-order valence-corrected chi connectivity index (χ4v) is 1.50. The van der Waals surface area contributed by atoms with Crippen molar-refractivity contribution < 1.29 is 9.59 Å². The van der Waals surface area contributed by atoms with Gasteiger partial charge in [-0.05, 0) is 28.7 Å². The normalized spacial score (nSPS) is 26.6. The van der Waals surface area contributed by atoms with E-state index in [2.05, 4.69) is 0 Å². The Hall–Kier alpha value is -0.190. The summed E-state index contributed by atoms with van der Waals surface area (Å²) in [7, 11) is 0. The van der Waals surface area contributed by atoms with Crippen LogP contribution in [0.3, 0.4) is 0 Å². The Morgan fingerprint density at radius 1 is 1.60 bits per heavy atom. The van der Waals surface area contributed by atoms with Gasteiger partial charge in [-0.3, -0.25) is 9.59 Å². The number of halogens is 1. The zero-order chi connectivity index (χ0) is 7.72. The SMILES string of the molecule is CC1C(=O)CC(=O)C=C1I. The van der Waals surface area contributed by atoms with E-state index < -0.39 is 0 Å². The molecule has 0 aromatic heterocycles. The van der Waals surface area contributed by atoms with Crippen molar-refractivity contribution in [1.29, 1.82) is 0 Å². The van der Waals surface area contributed by atoms with Gasteiger partial charge in [-0.1, -0.05) is 6.92 Å². The molecule has 10 heavy (non-hydrogen) atoms. The summed E-state index contributed by atoms with van der Waals surface area (Å²) in [5.74, 6) is -0.0808. The maximum atomic E-state index is 10.9. The average molecular weight is 250 g/mol. The number of carbonyl (C=O) groups is 2. The molecule has 0 aromatic carbocycles. The Morgan fingerprint density at radius 3 is 2.70 bits per heavy atom. The van der Waals surface area contributed by atoms with Gasteiger partial charge in [0.2, 0.25) is 0 Å². The predicted octanol–water partition coefficient (Wildman–Crippen LogP) is 1.48. The van der Waals surface area contributed by atoms with Crippen LogP contribution in [0.4, 0.5) is 0 Å². The van der Waals surface area contributed by atoms with Crippen molar-refractivity contribution >= 4 is 34.2 Å². The van der Waals surface area contributed by atoms with Crippen LogP contribution in [-0.4, -0.2) is 11.6 Å². The molecule has 54 valence electrons. The Morgan fingerprint density at radius 2 is 2.20 bits per heavy atom. The molecule has 1 atom stereocenters. The average Bonchev–Trinajstić information content (AvgIpc) is 1.82. The highest BCUT2D eigenvalue weighted by atomic mass is 127. The van der Waals surface area contributed by atoms with Crippen LogP contribution in [0.5, 0.6) is 0 Å². The summed E-state index contributed by atoms with van der Waals surface area (Å²) in [6, 6.07) is 0. The van der Waals surface area contributed by atoms with Gasteiger partial charge in [-0.15, -0.1) is 0 Å².